The molecule has 0 aromatic rings. The first kappa shape index (κ1) is 9.68. The van der Waals surface area contributed by atoms with E-state index in [1.165, 1.54) is 0 Å². The van der Waals surface area contributed by atoms with Crippen LogP contribution in [0.3, 0.4) is 0 Å². The predicted molar refractivity (Wildman–Crippen MR) is 48.6 cm³/mol. The summed E-state index contributed by atoms with van der Waals surface area (Å²) >= 11 is 0. The van der Waals surface area contributed by atoms with E-state index < -0.39 is 6.10 Å². The molecule has 2 aliphatic heterocycles. The van der Waals surface area contributed by atoms with Crippen LogP contribution in [-0.4, -0.2) is 35.5 Å². The lowest BCUT2D eigenvalue weighted by atomic mass is 10.1. The molecule has 1 saturated heterocycles. The lowest BCUT2D eigenvalue weighted by Gasteiger charge is -2.13. The Kier molecular flexibility index (Phi) is 2.56. The molecule has 0 saturated carbocycles. The Bertz CT molecular complexity index is 261. The van der Waals surface area contributed by atoms with Gasteiger partial charge in [-0.2, -0.15) is 0 Å². The lowest BCUT2D eigenvalue weighted by molar-refractivity contribution is -0.150. The second kappa shape index (κ2) is 3.71. The molecule has 2 heterocycles. The van der Waals surface area contributed by atoms with Crippen molar-refractivity contribution in [3.63, 3.8) is 0 Å². The molecule has 0 radical (unpaired) electrons. The van der Waals surface area contributed by atoms with Gasteiger partial charge in [0, 0.05) is 6.42 Å². The standard InChI is InChI=1S/C10H14O4/c1-6-4-9-8(14-9)3-2-7(11)5-10(12)13-6/h2-3,6-9,11H,4-5H2,1H3/t6-,7+,8-,9+/m1/s1. The molecule has 4 atom stereocenters. The van der Waals surface area contributed by atoms with E-state index in [1.54, 1.807) is 6.08 Å². The van der Waals surface area contributed by atoms with E-state index in [0.29, 0.717) is 0 Å². The van der Waals surface area contributed by atoms with Crippen molar-refractivity contribution in [1.82, 2.24) is 0 Å². The van der Waals surface area contributed by atoms with E-state index in [9.17, 15) is 9.90 Å². The minimum Gasteiger partial charge on any atom is -0.462 e. The molecule has 0 amide bonds. The first-order valence-electron chi connectivity index (χ1n) is 4.86. The Morgan fingerprint density at radius 3 is 3.07 bits per heavy atom. The second-order valence-corrected chi connectivity index (χ2v) is 3.83. The fourth-order valence-corrected chi connectivity index (χ4v) is 1.64. The Labute approximate surface area is 82.5 Å². The van der Waals surface area contributed by atoms with Crippen LogP contribution in [-0.2, 0) is 14.3 Å². The maximum absolute atomic E-state index is 11.2. The number of carbonyl (C=O) groups excluding carboxylic acids is 1. The molecular formula is C10H14O4. The van der Waals surface area contributed by atoms with Gasteiger partial charge < -0.3 is 14.6 Å². The molecule has 14 heavy (non-hydrogen) atoms. The van der Waals surface area contributed by atoms with Crippen molar-refractivity contribution in [2.45, 2.75) is 44.2 Å². The van der Waals surface area contributed by atoms with Crippen molar-refractivity contribution >= 4 is 5.97 Å². The number of hydrogen-bond donors (Lipinski definition) is 1. The molecule has 0 aromatic carbocycles. The molecule has 4 heteroatoms. The maximum Gasteiger partial charge on any atom is 0.309 e. The summed E-state index contributed by atoms with van der Waals surface area (Å²) in [6.45, 7) is 1.84. The number of carbonyl (C=O) groups is 1. The monoisotopic (exact) mass is 198 g/mol. The van der Waals surface area contributed by atoms with Crippen molar-refractivity contribution < 1.29 is 19.4 Å². The third-order valence-electron chi connectivity index (χ3n) is 2.42. The number of esters is 1. The van der Waals surface area contributed by atoms with Crippen LogP contribution < -0.4 is 0 Å². The minimum absolute atomic E-state index is 0.0260. The fraction of sp³-hybridized carbons (Fsp3) is 0.700. The van der Waals surface area contributed by atoms with E-state index in [1.807, 2.05) is 13.0 Å². The summed E-state index contributed by atoms with van der Waals surface area (Å²) < 4.78 is 10.4. The Balaban J connectivity index is 2.02. The third-order valence-corrected chi connectivity index (χ3v) is 2.42. The summed E-state index contributed by atoms with van der Waals surface area (Å²) in [6.07, 6.45) is 3.55. The van der Waals surface area contributed by atoms with Crippen molar-refractivity contribution in [1.29, 1.82) is 0 Å². The first-order valence-corrected chi connectivity index (χ1v) is 4.86. The zero-order valence-corrected chi connectivity index (χ0v) is 8.05. The number of epoxide rings is 1. The van der Waals surface area contributed by atoms with Gasteiger partial charge in [0.2, 0.25) is 0 Å². The number of cyclic esters (lactones) is 1. The Morgan fingerprint density at radius 2 is 2.29 bits per heavy atom. The number of aliphatic hydroxyl groups excluding tert-OH is 1. The van der Waals surface area contributed by atoms with Crippen LogP contribution in [0.2, 0.25) is 0 Å². The molecule has 2 aliphatic rings. The molecule has 0 aromatic heterocycles. The summed E-state index contributed by atoms with van der Waals surface area (Å²) in [4.78, 5) is 11.2. The molecule has 0 unspecified atom stereocenters. The average molecular weight is 198 g/mol. The summed E-state index contributed by atoms with van der Waals surface area (Å²) in [5.41, 5.74) is 0. The van der Waals surface area contributed by atoms with Crippen LogP contribution in [0.15, 0.2) is 12.2 Å². The zero-order chi connectivity index (χ0) is 10.1. The third kappa shape index (κ3) is 2.33. The van der Waals surface area contributed by atoms with Gasteiger partial charge in [0.15, 0.2) is 0 Å². The molecule has 0 bridgehead atoms. The van der Waals surface area contributed by atoms with E-state index in [-0.39, 0.29) is 30.7 Å². The molecule has 0 aliphatic carbocycles. The topological polar surface area (TPSA) is 59.1 Å². The number of fused-ring (bicyclic) bond motifs is 1. The van der Waals surface area contributed by atoms with Crippen LogP contribution >= 0.6 is 0 Å². The van der Waals surface area contributed by atoms with E-state index >= 15 is 0 Å². The maximum atomic E-state index is 11.2. The van der Waals surface area contributed by atoms with E-state index in [0.717, 1.165) is 6.42 Å². The summed E-state index contributed by atoms with van der Waals surface area (Å²) in [5, 5.41) is 9.38. The number of hydrogen-bond acceptors (Lipinski definition) is 4. The van der Waals surface area contributed by atoms with E-state index in [4.69, 9.17) is 9.47 Å². The van der Waals surface area contributed by atoms with Gasteiger partial charge in [0.1, 0.15) is 12.2 Å². The summed E-state index contributed by atoms with van der Waals surface area (Å²) in [5.74, 6) is -0.353. The summed E-state index contributed by atoms with van der Waals surface area (Å²) in [7, 11) is 0. The lowest BCUT2D eigenvalue weighted by Crippen LogP contribution is -2.21. The van der Waals surface area contributed by atoms with Gasteiger partial charge in [-0.3, -0.25) is 4.79 Å². The predicted octanol–water partition coefficient (Wildman–Crippen LogP) is 0.396. The highest BCUT2D eigenvalue weighted by molar-refractivity contribution is 5.70. The Morgan fingerprint density at radius 1 is 1.50 bits per heavy atom. The highest BCUT2D eigenvalue weighted by Crippen LogP contribution is 2.29. The highest BCUT2D eigenvalue weighted by Gasteiger charge is 2.38. The summed E-state index contributed by atoms with van der Waals surface area (Å²) in [6, 6.07) is 0. The highest BCUT2D eigenvalue weighted by atomic mass is 16.6. The molecule has 1 fully saturated rings. The molecule has 78 valence electrons. The van der Waals surface area contributed by atoms with Crippen LogP contribution in [0.5, 0.6) is 0 Å². The van der Waals surface area contributed by atoms with Crippen molar-refractivity contribution in [3.05, 3.63) is 12.2 Å². The molecular weight excluding hydrogens is 184 g/mol. The largest absolute Gasteiger partial charge is 0.462 e. The van der Waals surface area contributed by atoms with Gasteiger partial charge in [-0.1, -0.05) is 12.2 Å². The van der Waals surface area contributed by atoms with Gasteiger partial charge in [0.25, 0.3) is 0 Å². The Hall–Kier alpha value is -0.870. The van der Waals surface area contributed by atoms with Gasteiger partial charge in [-0.25, -0.2) is 0 Å². The van der Waals surface area contributed by atoms with Gasteiger partial charge >= 0.3 is 5.97 Å². The SMILES string of the molecule is C[C@@H]1C[C@@H]2O[C@@H]2C=C[C@H](O)CC(=O)O1. The minimum atomic E-state index is -0.752. The van der Waals surface area contributed by atoms with Crippen molar-refractivity contribution in [3.8, 4) is 0 Å². The normalized spacial score (nSPS) is 42.6. The second-order valence-electron chi connectivity index (χ2n) is 3.83. The zero-order valence-electron chi connectivity index (χ0n) is 8.05. The average Bonchev–Trinajstić information content (AvgIpc) is 2.78. The number of aliphatic hydroxyl groups is 1. The molecule has 2 rings (SSSR count). The first-order chi connectivity index (χ1) is 6.65. The molecule has 0 spiro atoms. The number of ether oxygens (including phenoxy) is 2. The van der Waals surface area contributed by atoms with Gasteiger partial charge in [-0.05, 0) is 6.92 Å². The van der Waals surface area contributed by atoms with Crippen molar-refractivity contribution in [2.75, 3.05) is 0 Å². The number of rotatable bonds is 0. The van der Waals surface area contributed by atoms with Crippen molar-refractivity contribution in [2.24, 2.45) is 0 Å². The quantitative estimate of drug-likeness (QED) is 0.347. The molecule has 1 N–H and O–H groups in total. The van der Waals surface area contributed by atoms with Crippen LogP contribution in [0, 0.1) is 0 Å². The van der Waals surface area contributed by atoms with Crippen LogP contribution in [0.4, 0.5) is 0 Å². The van der Waals surface area contributed by atoms with Crippen LogP contribution in [0.1, 0.15) is 19.8 Å². The molecule has 4 nitrogen and oxygen atoms in total. The van der Waals surface area contributed by atoms with Crippen LogP contribution in [0.25, 0.3) is 0 Å². The van der Waals surface area contributed by atoms with Gasteiger partial charge in [0.05, 0.1) is 18.6 Å². The smallest absolute Gasteiger partial charge is 0.309 e. The van der Waals surface area contributed by atoms with Gasteiger partial charge in [-0.15, -0.1) is 0 Å². The van der Waals surface area contributed by atoms with E-state index in [2.05, 4.69) is 0 Å². The fourth-order valence-electron chi connectivity index (χ4n) is 1.64.